The van der Waals surface area contributed by atoms with Gasteiger partial charge in [-0.2, -0.15) is 5.26 Å². The van der Waals surface area contributed by atoms with Crippen LogP contribution in [0.3, 0.4) is 0 Å². The highest BCUT2D eigenvalue weighted by Gasteiger charge is 2.33. The highest BCUT2D eigenvalue weighted by Crippen LogP contribution is 2.32. The van der Waals surface area contributed by atoms with Gasteiger partial charge in [-0.15, -0.1) is 0 Å². The van der Waals surface area contributed by atoms with Crippen LogP contribution < -0.4 is 0 Å². The summed E-state index contributed by atoms with van der Waals surface area (Å²) in [5.41, 5.74) is 0. The first-order chi connectivity index (χ1) is 4.79. The molecule has 2 heteroatoms. The average Bonchev–Trinajstić information content (AvgIpc) is 2.71. The number of rotatable bonds is 3. The molecule has 1 saturated carbocycles. The minimum Gasteiger partial charge on any atom is -0.298 e. The summed E-state index contributed by atoms with van der Waals surface area (Å²) in [6, 6.07) is 2.02. The molecule has 0 aromatic rings. The number of hydrogen-bond donors (Lipinski definition) is 0. The van der Waals surface area contributed by atoms with E-state index in [0.717, 1.165) is 12.8 Å². The molecule has 0 aromatic carbocycles. The Morgan fingerprint density at radius 3 is 2.70 bits per heavy atom. The first-order valence-electron chi connectivity index (χ1n) is 3.73. The van der Waals surface area contributed by atoms with Gasteiger partial charge in [0.25, 0.3) is 0 Å². The van der Waals surface area contributed by atoms with Gasteiger partial charge in [0.1, 0.15) is 5.92 Å². The zero-order valence-electron chi connectivity index (χ0n) is 6.13. The van der Waals surface area contributed by atoms with Gasteiger partial charge < -0.3 is 0 Å². The summed E-state index contributed by atoms with van der Waals surface area (Å²) in [4.78, 5) is 11.1. The summed E-state index contributed by atoms with van der Waals surface area (Å²) in [5.74, 6) is 0.0853. The van der Waals surface area contributed by atoms with E-state index in [0.29, 0.717) is 6.42 Å². The molecule has 2 nitrogen and oxygen atoms in total. The Morgan fingerprint density at radius 1 is 1.80 bits per heavy atom. The molecule has 0 aromatic heterocycles. The number of carbonyl (C=O) groups is 1. The van der Waals surface area contributed by atoms with Gasteiger partial charge in [-0.3, -0.25) is 4.79 Å². The fourth-order valence-electron chi connectivity index (χ4n) is 1.01. The predicted octanol–water partition coefficient (Wildman–Crippen LogP) is 1.52. The third-order valence-corrected chi connectivity index (χ3v) is 1.89. The van der Waals surface area contributed by atoms with Gasteiger partial charge in [-0.25, -0.2) is 0 Å². The van der Waals surface area contributed by atoms with E-state index in [4.69, 9.17) is 5.26 Å². The summed E-state index contributed by atoms with van der Waals surface area (Å²) >= 11 is 0. The molecule has 0 spiro atoms. The van der Waals surface area contributed by atoms with Crippen molar-refractivity contribution < 1.29 is 4.79 Å². The van der Waals surface area contributed by atoms with Gasteiger partial charge >= 0.3 is 0 Å². The highest BCUT2D eigenvalue weighted by atomic mass is 16.1. The highest BCUT2D eigenvalue weighted by molar-refractivity contribution is 5.87. The van der Waals surface area contributed by atoms with Crippen molar-refractivity contribution in [3.8, 4) is 6.07 Å². The van der Waals surface area contributed by atoms with E-state index in [1.807, 2.05) is 13.0 Å². The normalized spacial score (nSPS) is 19.6. The van der Waals surface area contributed by atoms with Crippen LogP contribution in [0.2, 0.25) is 0 Å². The molecule has 0 bridgehead atoms. The fourth-order valence-corrected chi connectivity index (χ4v) is 1.01. The SMILES string of the molecule is CCC(C#N)C(=O)C1CC1. The summed E-state index contributed by atoms with van der Waals surface area (Å²) in [6.07, 6.45) is 2.69. The third kappa shape index (κ3) is 1.36. The van der Waals surface area contributed by atoms with Crippen molar-refractivity contribution in [2.75, 3.05) is 0 Å². The number of nitrogens with zero attached hydrogens (tertiary/aromatic N) is 1. The van der Waals surface area contributed by atoms with E-state index in [1.54, 1.807) is 0 Å². The molecule has 0 saturated heterocycles. The topological polar surface area (TPSA) is 40.9 Å². The Balaban J connectivity index is 2.45. The van der Waals surface area contributed by atoms with Gasteiger partial charge in [-0.05, 0) is 19.3 Å². The standard InChI is InChI=1S/C8H11NO/c1-2-6(5-9)8(10)7-3-4-7/h6-7H,2-4H2,1H3. The molecule has 0 radical (unpaired) electrons. The zero-order chi connectivity index (χ0) is 7.56. The fraction of sp³-hybridized carbons (Fsp3) is 0.750. The molecule has 54 valence electrons. The lowest BCUT2D eigenvalue weighted by molar-refractivity contribution is -0.122. The summed E-state index contributed by atoms with van der Waals surface area (Å²) < 4.78 is 0. The van der Waals surface area contributed by atoms with E-state index >= 15 is 0 Å². The van der Waals surface area contributed by atoms with E-state index in [1.165, 1.54) is 0 Å². The molecule has 0 amide bonds. The Morgan fingerprint density at radius 2 is 2.40 bits per heavy atom. The Bertz CT molecular complexity index is 176. The van der Waals surface area contributed by atoms with Crippen LogP contribution in [-0.2, 0) is 4.79 Å². The summed E-state index contributed by atoms with van der Waals surface area (Å²) in [6.45, 7) is 1.88. The zero-order valence-corrected chi connectivity index (χ0v) is 6.13. The maximum absolute atomic E-state index is 11.1. The van der Waals surface area contributed by atoms with Crippen molar-refractivity contribution in [3.05, 3.63) is 0 Å². The van der Waals surface area contributed by atoms with Crippen molar-refractivity contribution in [2.45, 2.75) is 26.2 Å². The third-order valence-electron chi connectivity index (χ3n) is 1.89. The number of hydrogen-bond acceptors (Lipinski definition) is 2. The van der Waals surface area contributed by atoms with E-state index < -0.39 is 0 Å². The Kier molecular flexibility index (Phi) is 2.06. The van der Waals surface area contributed by atoms with Gasteiger partial charge in [0, 0.05) is 5.92 Å². The van der Waals surface area contributed by atoms with Crippen LogP contribution >= 0.6 is 0 Å². The second-order valence-corrected chi connectivity index (χ2v) is 2.77. The predicted molar refractivity (Wildman–Crippen MR) is 37.1 cm³/mol. The van der Waals surface area contributed by atoms with Gasteiger partial charge in [0.15, 0.2) is 5.78 Å². The summed E-state index contributed by atoms with van der Waals surface area (Å²) in [5, 5.41) is 8.50. The molecule has 1 fully saturated rings. The molecule has 1 atom stereocenters. The largest absolute Gasteiger partial charge is 0.298 e. The van der Waals surface area contributed by atoms with Gasteiger partial charge in [0.2, 0.25) is 0 Å². The number of Topliss-reactive ketones (excluding diaryl/α,β-unsaturated/α-hetero) is 1. The second-order valence-electron chi connectivity index (χ2n) is 2.77. The van der Waals surface area contributed by atoms with Crippen molar-refractivity contribution >= 4 is 5.78 Å². The molecule has 0 N–H and O–H groups in total. The van der Waals surface area contributed by atoms with Crippen molar-refractivity contribution in [3.63, 3.8) is 0 Å². The first-order valence-corrected chi connectivity index (χ1v) is 3.73. The van der Waals surface area contributed by atoms with Crippen molar-refractivity contribution in [2.24, 2.45) is 11.8 Å². The van der Waals surface area contributed by atoms with Crippen LogP contribution in [0.1, 0.15) is 26.2 Å². The van der Waals surface area contributed by atoms with Crippen LogP contribution in [0.4, 0.5) is 0 Å². The second kappa shape index (κ2) is 2.83. The van der Waals surface area contributed by atoms with Crippen LogP contribution in [0, 0.1) is 23.2 Å². The van der Waals surface area contributed by atoms with Crippen LogP contribution in [0.15, 0.2) is 0 Å². The van der Waals surface area contributed by atoms with Gasteiger partial charge in [-0.1, -0.05) is 6.92 Å². The molecule has 1 rings (SSSR count). The maximum atomic E-state index is 11.1. The molecule has 0 aliphatic heterocycles. The molecule has 10 heavy (non-hydrogen) atoms. The van der Waals surface area contributed by atoms with E-state index in [-0.39, 0.29) is 17.6 Å². The minimum absolute atomic E-state index is 0.171. The lowest BCUT2D eigenvalue weighted by Crippen LogP contribution is -2.12. The Hall–Kier alpha value is -0.840. The minimum atomic E-state index is -0.326. The smallest absolute Gasteiger partial charge is 0.153 e. The monoisotopic (exact) mass is 137 g/mol. The molecule has 1 aliphatic rings. The number of ketones is 1. The lowest BCUT2D eigenvalue weighted by Gasteiger charge is -2.00. The number of carbonyl (C=O) groups excluding carboxylic acids is 1. The molecule has 1 unspecified atom stereocenters. The average molecular weight is 137 g/mol. The van der Waals surface area contributed by atoms with Crippen molar-refractivity contribution in [1.82, 2.24) is 0 Å². The van der Waals surface area contributed by atoms with Crippen LogP contribution in [0.5, 0.6) is 0 Å². The van der Waals surface area contributed by atoms with E-state index in [2.05, 4.69) is 0 Å². The molecular weight excluding hydrogens is 126 g/mol. The van der Waals surface area contributed by atoms with Crippen LogP contribution in [0.25, 0.3) is 0 Å². The van der Waals surface area contributed by atoms with Crippen LogP contribution in [-0.4, -0.2) is 5.78 Å². The number of nitriles is 1. The quantitative estimate of drug-likeness (QED) is 0.591. The van der Waals surface area contributed by atoms with E-state index in [9.17, 15) is 4.79 Å². The molecule has 0 heterocycles. The summed E-state index contributed by atoms with van der Waals surface area (Å²) in [7, 11) is 0. The lowest BCUT2D eigenvalue weighted by atomic mass is 10.00. The van der Waals surface area contributed by atoms with Gasteiger partial charge in [0.05, 0.1) is 6.07 Å². The maximum Gasteiger partial charge on any atom is 0.153 e. The Labute approximate surface area is 60.8 Å². The van der Waals surface area contributed by atoms with Crippen molar-refractivity contribution in [1.29, 1.82) is 5.26 Å². The first kappa shape index (κ1) is 7.27. The molecular formula is C8H11NO. The molecule has 1 aliphatic carbocycles.